The van der Waals surface area contributed by atoms with E-state index in [1.165, 1.54) is 6.07 Å². The first kappa shape index (κ1) is 21.8. The van der Waals surface area contributed by atoms with Crippen LogP contribution in [-0.2, 0) is 17.1 Å². The number of para-hydroxylation sites is 1. The highest BCUT2D eigenvalue weighted by Crippen LogP contribution is 2.24. The fraction of sp³-hybridized carbons (Fsp3) is 0.130. The minimum Gasteiger partial charge on any atom is -0.322 e. The van der Waals surface area contributed by atoms with Crippen molar-refractivity contribution in [3.8, 4) is 0 Å². The molecule has 164 valence electrons. The van der Waals surface area contributed by atoms with Gasteiger partial charge in [0.05, 0.1) is 20.8 Å². The molecular formula is C23H21N3O4S2. The number of fused-ring (bicyclic) bond motifs is 1. The lowest BCUT2D eigenvalue weighted by Crippen LogP contribution is -2.17. The number of thiazole rings is 1. The number of rotatable bonds is 5. The molecule has 3 aromatic carbocycles. The van der Waals surface area contributed by atoms with Crippen LogP contribution in [0.4, 0.5) is 11.4 Å². The Balaban J connectivity index is 1.62. The molecule has 0 aliphatic carbocycles. The van der Waals surface area contributed by atoms with Gasteiger partial charge >= 0.3 is 4.87 Å². The number of benzene rings is 3. The highest BCUT2D eigenvalue weighted by atomic mass is 32.2. The van der Waals surface area contributed by atoms with E-state index in [9.17, 15) is 18.0 Å². The van der Waals surface area contributed by atoms with Gasteiger partial charge in [0.25, 0.3) is 15.9 Å². The highest BCUT2D eigenvalue weighted by Gasteiger charge is 2.20. The lowest BCUT2D eigenvalue weighted by Gasteiger charge is -2.13. The Morgan fingerprint density at radius 3 is 2.47 bits per heavy atom. The molecule has 0 spiro atoms. The fourth-order valence-electron chi connectivity index (χ4n) is 3.33. The van der Waals surface area contributed by atoms with Gasteiger partial charge in [-0.1, -0.05) is 35.6 Å². The Kier molecular flexibility index (Phi) is 5.62. The van der Waals surface area contributed by atoms with Crippen molar-refractivity contribution in [3.63, 3.8) is 0 Å². The number of carbonyl (C=O) groups is 1. The molecule has 4 aromatic rings. The van der Waals surface area contributed by atoms with Crippen molar-refractivity contribution in [1.29, 1.82) is 0 Å². The number of nitrogens with zero attached hydrogens (tertiary/aromatic N) is 1. The van der Waals surface area contributed by atoms with Crippen LogP contribution in [-0.4, -0.2) is 18.9 Å². The third-order valence-corrected chi connectivity index (χ3v) is 7.68. The van der Waals surface area contributed by atoms with Crippen LogP contribution in [0.25, 0.3) is 10.2 Å². The molecule has 1 aromatic heterocycles. The number of hydrogen-bond acceptors (Lipinski definition) is 5. The van der Waals surface area contributed by atoms with Crippen LogP contribution in [0.5, 0.6) is 0 Å². The Bertz CT molecular complexity index is 1520. The molecule has 9 heteroatoms. The number of nitrogens with one attached hydrogen (secondary N) is 2. The van der Waals surface area contributed by atoms with Gasteiger partial charge in [-0.2, -0.15) is 0 Å². The molecule has 0 unspecified atom stereocenters. The maximum Gasteiger partial charge on any atom is 0.307 e. The average molecular weight is 468 g/mol. The summed E-state index contributed by atoms with van der Waals surface area (Å²) in [4.78, 5) is 24.6. The summed E-state index contributed by atoms with van der Waals surface area (Å²) in [5, 5.41) is 2.78. The van der Waals surface area contributed by atoms with Gasteiger partial charge < -0.3 is 9.88 Å². The third-order valence-electron chi connectivity index (χ3n) is 5.18. The Morgan fingerprint density at radius 2 is 1.72 bits per heavy atom. The van der Waals surface area contributed by atoms with E-state index in [0.29, 0.717) is 16.9 Å². The summed E-state index contributed by atoms with van der Waals surface area (Å²) in [6, 6.07) is 16.8. The van der Waals surface area contributed by atoms with Crippen molar-refractivity contribution in [1.82, 2.24) is 4.57 Å². The first-order valence-electron chi connectivity index (χ1n) is 9.76. The van der Waals surface area contributed by atoms with E-state index in [-0.39, 0.29) is 15.3 Å². The van der Waals surface area contributed by atoms with Gasteiger partial charge in [0.15, 0.2) is 0 Å². The molecule has 1 heterocycles. The van der Waals surface area contributed by atoms with Crippen LogP contribution in [0.15, 0.2) is 70.4 Å². The summed E-state index contributed by atoms with van der Waals surface area (Å²) in [5.41, 5.74) is 3.31. The number of sulfonamides is 1. The van der Waals surface area contributed by atoms with Gasteiger partial charge in [-0.05, 0) is 61.4 Å². The Morgan fingerprint density at radius 1 is 0.969 bits per heavy atom. The van der Waals surface area contributed by atoms with Gasteiger partial charge in [-0.3, -0.25) is 14.3 Å². The highest BCUT2D eigenvalue weighted by molar-refractivity contribution is 7.92. The second-order valence-corrected chi connectivity index (χ2v) is 10.1. The molecule has 0 saturated heterocycles. The van der Waals surface area contributed by atoms with Crippen LogP contribution in [0, 0.1) is 13.8 Å². The third kappa shape index (κ3) is 4.17. The number of anilines is 2. The summed E-state index contributed by atoms with van der Waals surface area (Å²) in [7, 11) is -2.20. The Labute approximate surface area is 189 Å². The van der Waals surface area contributed by atoms with Crippen LogP contribution in [0.2, 0.25) is 0 Å². The van der Waals surface area contributed by atoms with Gasteiger partial charge in [0.1, 0.15) is 0 Å². The zero-order valence-corrected chi connectivity index (χ0v) is 19.3. The molecule has 4 rings (SSSR count). The molecule has 32 heavy (non-hydrogen) atoms. The van der Waals surface area contributed by atoms with Crippen molar-refractivity contribution in [2.45, 2.75) is 18.7 Å². The summed E-state index contributed by atoms with van der Waals surface area (Å²) in [6.07, 6.45) is 0. The second kappa shape index (κ2) is 8.25. The van der Waals surface area contributed by atoms with E-state index < -0.39 is 15.9 Å². The molecule has 0 aliphatic heterocycles. The van der Waals surface area contributed by atoms with E-state index in [4.69, 9.17) is 0 Å². The SMILES string of the molecule is Cc1ccccc1NS(=O)(=O)c1cc(C(=O)Nc2ccc3c(c2)sc(=O)n3C)ccc1C. The molecule has 0 saturated carbocycles. The number of aromatic nitrogens is 1. The largest absolute Gasteiger partial charge is 0.322 e. The first-order chi connectivity index (χ1) is 15.2. The molecule has 0 atom stereocenters. The predicted octanol–water partition coefficient (Wildman–Crippen LogP) is 4.27. The van der Waals surface area contributed by atoms with E-state index in [1.807, 2.05) is 19.1 Å². The number of carbonyl (C=O) groups excluding carboxylic acids is 1. The quantitative estimate of drug-likeness (QED) is 0.458. The molecule has 2 N–H and O–H groups in total. The van der Waals surface area contributed by atoms with Crippen molar-refractivity contribution in [2.24, 2.45) is 7.05 Å². The molecule has 0 aliphatic rings. The summed E-state index contributed by atoms with van der Waals surface area (Å²) in [5.74, 6) is -0.444. The molecule has 1 amide bonds. The number of hydrogen-bond donors (Lipinski definition) is 2. The average Bonchev–Trinajstić information content (AvgIpc) is 3.02. The van der Waals surface area contributed by atoms with E-state index in [0.717, 1.165) is 27.1 Å². The summed E-state index contributed by atoms with van der Waals surface area (Å²) < 4.78 is 30.9. The summed E-state index contributed by atoms with van der Waals surface area (Å²) in [6.45, 7) is 3.49. The topological polar surface area (TPSA) is 97.3 Å². The number of amides is 1. The summed E-state index contributed by atoms with van der Waals surface area (Å²) >= 11 is 1.09. The smallest absolute Gasteiger partial charge is 0.307 e. The maximum atomic E-state index is 13.0. The maximum absolute atomic E-state index is 13.0. The predicted molar refractivity (Wildman–Crippen MR) is 128 cm³/mol. The standard InChI is InChI=1S/C23H21N3O4S2/c1-14-6-4-5-7-18(14)25-32(29,30)21-12-16(9-8-15(21)2)22(27)24-17-10-11-19-20(13-17)31-23(28)26(19)3/h4-13,25H,1-3H3,(H,24,27). The first-order valence-corrected chi connectivity index (χ1v) is 12.1. The molecule has 0 bridgehead atoms. The molecule has 0 fully saturated rings. The monoisotopic (exact) mass is 467 g/mol. The van der Waals surface area contributed by atoms with Crippen molar-refractivity contribution >= 4 is 48.9 Å². The normalized spacial score (nSPS) is 11.5. The van der Waals surface area contributed by atoms with Gasteiger partial charge in [-0.15, -0.1) is 0 Å². The molecule has 7 nitrogen and oxygen atoms in total. The van der Waals surface area contributed by atoms with Crippen LogP contribution >= 0.6 is 11.3 Å². The Hall–Kier alpha value is -3.43. The van der Waals surface area contributed by atoms with Gasteiger partial charge in [-0.25, -0.2) is 8.42 Å². The minimum absolute atomic E-state index is 0.0325. The zero-order chi connectivity index (χ0) is 23.0. The van der Waals surface area contributed by atoms with Crippen LogP contribution in [0.3, 0.4) is 0 Å². The van der Waals surface area contributed by atoms with Crippen LogP contribution < -0.4 is 14.9 Å². The van der Waals surface area contributed by atoms with Gasteiger partial charge in [0.2, 0.25) is 0 Å². The van der Waals surface area contributed by atoms with E-state index >= 15 is 0 Å². The minimum atomic E-state index is -3.89. The number of aryl methyl sites for hydroxylation is 3. The lowest BCUT2D eigenvalue weighted by atomic mass is 10.1. The molecular weight excluding hydrogens is 446 g/mol. The van der Waals surface area contributed by atoms with E-state index in [1.54, 1.807) is 61.0 Å². The fourth-order valence-corrected chi connectivity index (χ4v) is 5.65. The van der Waals surface area contributed by atoms with Gasteiger partial charge in [0, 0.05) is 18.3 Å². The second-order valence-electron chi connectivity index (χ2n) is 7.46. The molecule has 0 radical (unpaired) electrons. The van der Waals surface area contributed by atoms with Crippen molar-refractivity contribution < 1.29 is 13.2 Å². The van der Waals surface area contributed by atoms with Crippen molar-refractivity contribution in [2.75, 3.05) is 10.0 Å². The van der Waals surface area contributed by atoms with E-state index in [2.05, 4.69) is 10.0 Å². The van der Waals surface area contributed by atoms with Crippen LogP contribution in [0.1, 0.15) is 21.5 Å². The van der Waals surface area contributed by atoms with Crippen molar-refractivity contribution in [3.05, 3.63) is 87.0 Å². The zero-order valence-electron chi connectivity index (χ0n) is 17.7. The lowest BCUT2D eigenvalue weighted by molar-refractivity contribution is 0.102.